The number of carbonyl (C=O) groups is 1. The minimum absolute atomic E-state index is 0.128. The third-order valence-corrected chi connectivity index (χ3v) is 6.58. The van der Waals surface area contributed by atoms with Gasteiger partial charge in [-0.05, 0) is 92.2 Å². The number of anilines is 1. The van der Waals surface area contributed by atoms with E-state index in [0.717, 1.165) is 42.4 Å². The van der Waals surface area contributed by atoms with Gasteiger partial charge in [0.1, 0.15) is 0 Å². The fourth-order valence-electron chi connectivity index (χ4n) is 4.53. The van der Waals surface area contributed by atoms with Gasteiger partial charge in [0.05, 0.1) is 17.4 Å². The summed E-state index contributed by atoms with van der Waals surface area (Å²) in [5.41, 5.74) is 5.14. The number of carbonyl (C=O) groups excluding carboxylic acids is 1. The number of isothiocyanates is 1. The number of hydrogen-bond donors (Lipinski definition) is 1. The molecular weight excluding hydrogens is 438 g/mol. The van der Waals surface area contributed by atoms with Gasteiger partial charge in [0.15, 0.2) is 5.78 Å². The van der Waals surface area contributed by atoms with E-state index in [4.69, 9.17) is 11.6 Å². The number of Topliss-reactive ketones (excluding diaryl/α,β-unsaturated/α-hetero) is 1. The molecule has 1 aromatic heterocycles. The van der Waals surface area contributed by atoms with E-state index in [1.54, 1.807) is 0 Å². The van der Waals surface area contributed by atoms with Crippen LogP contribution in [0.3, 0.4) is 0 Å². The number of nitrogens with zero attached hydrogens (tertiary/aromatic N) is 2. The molecule has 6 heteroatoms. The van der Waals surface area contributed by atoms with Crippen molar-refractivity contribution in [2.45, 2.75) is 44.9 Å². The van der Waals surface area contributed by atoms with Crippen molar-refractivity contribution >= 4 is 51.4 Å². The molecule has 1 aliphatic rings. The van der Waals surface area contributed by atoms with Crippen molar-refractivity contribution in [3.05, 3.63) is 64.3 Å². The van der Waals surface area contributed by atoms with Gasteiger partial charge in [-0.25, -0.2) is 4.99 Å². The topological polar surface area (TPSA) is 48.5 Å². The number of aromatic nitrogens is 1. The molecule has 0 saturated carbocycles. The van der Waals surface area contributed by atoms with Crippen LogP contribution in [0, 0.1) is 0 Å². The summed E-state index contributed by atoms with van der Waals surface area (Å²) in [6, 6.07) is 14.5. The first-order valence-electron chi connectivity index (χ1n) is 11.4. The highest BCUT2D eigenvalue weighted by molar-refractivity contribution is 7.78. The molecule has 4 rings (SSSR count). The number of piperidine rings is 1. The second kappa shape index (κ2) is 10.9. The van der Waals surface area contributed by atoms with Gasteiger partial charge in [-0.2, -0.15) is 0 Å². The first kappa shape index (κ1) is 22.7. The van der Waals surface area contributed by atoms with E-state index in [2.05, 4.69) is 56.5 Å². The van der Waals surface area contributed by atoms with Crippen LogP contribution in [0.15, 0.2) is 47.5 Å². The van der Waals surface area contributed by atoms with Gasteiger partial charge in [-0.1, -0.05) is 23.7 Å². The number of thiocarbonyl (C=S) groups is 1. The number of nitrogens with one attached hydrogen (secondary N) is 1. The van der Waals surface area contributed by atoms with E-state index in [9.17, 15) is 4.79 Å². The molecule has 1 N–H and O–H groups in total. The molecule has 0 amide bonds. The minimum atomic E-state index is 0.128. The molecule has 2 aromatic carbocycles. The number of benzene rings is 2. The first-order chi connectivity index (χ1) is 15.7. The van der Waals surface area contributed by atoms with Crippen molar-refractivity contribution < 1.29 is 4.79 Å². The fourth-order valence-corrected chi connectivity index (χ4v) is 4.80. The van der Waals surface area contributed by atoms with Crippen molar-refractivity contribution in [2.75, 3.05) is 24.5 Å². The third-order valence-electron chi connectivity index (χ3n) is 6.21. The molecule has 1 fully saturated rings. The standard InChI is InChI=1S/C26H28ClN3OS/c27-20-9-12-24-23(17-20)22(13-14-28-18-32)26(29-24)25(31)6-4-5-19-7-10-21(11-8-19)30-15-2-1-3-16-30/h7-12,17,29H,1-6,13-16H2. The summed E-state index contributed by atoms with van der Waals surface area (Å²) in [5, 5.41) is 4.04. The molecule has 1 saturated heterocycles. The second-order valence-corrected chi connectivity index (χ2v) is 9.00. The van der Waals surface area contributed by atoms with Crippen LogP contribution in [-0.2, 0) is 12.8 Å². The zero-order valence-corrected chi connectivity index (χ0v) is 19.8. The Bertz CT molecular complexity index is 1130. The first-order valence-corrected chi connectivity index (χ1v) is 12.1. The minimum Gasteiger partial charge on any atom is -0.372 e. The molecule has 2 heterocycles. The Morgan fingerprint density at radius 3 is 2.62 bits per heavy atom. The van der Waals surface area contributed by atoms with E-state index in [1.807, 2.05) is 18.2 Å². The van der Waals surface area contributed by atoms with Gasteiger partial charge in [-0.3, -0.25) is 4.79 Å². The lowest BCUT2D eigenvalue weighted by atomic mass is 10.0. The number of halogens is 1. The molecule has 1 aliphatic heterocycles. The van der Waals surface area contributed by atoms with Gasteiger partial charge in [0.2, 0.25) is 0 Å². The van der Waals surface area contributed by atoms with E-state index in [0.29, 0.717) is 30.1 Å². The van der Waals surface area contributed by atoms with Crippen molar-refractivity contribution in [1.82, 2.24) is 4.98 Å². The van der Waals surface area contributed by atoms with Gasteiger partial charge < -0.3 is 9.88 Å². The lowest BCUT2D eigenvalue weighted by molar-refractivity contribution is 0.0975. The van der Waals surface area contributed by atoms with Crippen LogP contribution in [0.4, 0.5) is 5.69 Å². The van der Waals surface area contributed by atoms with Gasteiger partial charge in [0, 0.05) is 41.1 Å². The number of fused-ring (bicyclic) bond motifs is 1. The van der Waals surface area contributed by atoms with Crippen LogP contribution in [0.2, 0.25) is 5.02 Å². The Hall–Kier alpha value is -2.46. The smallest absolute Gasteiger partial charge is 0.179 e. The normalized spacial score (nSPS) is 13.8. The maximum atomic E-state index is 13.1. The zero-order chi connectivity index (χ0) is 22.3. The van der Waals surface area contributed by atoms with Crippen LogP contribution in [0.1, 0.15) is 53.7 Å². The summed E-state index contributed by atoms with van der Waals surface area (Å²) in [6.45, 7) is 2.82. The van der Waals surface area contributed by atoms with E-state index < -0.39 is 0 Å². The van der Waals surface area contributed by atoms with Crippen molar-refractivity contribution in [3.8, 4) is 0 Å². The highest BCUT2D eigenvalue weighted by Gasteiger charge is 2.18. The van der Waals surface area contributed by atoms with Crippen LogP contribution < -0.4 is 4.90 Å². The second-order valence-electron chi connectivity index (χ2n) is 8.38. The Labute approximate surface area is 199 Å². The van der Waals surface area contributed by atoms with Gasteiger partial charge in [-0.15, -0.1) is 0 Å². The molecule has 0 radical (unpaired) electrons. The number of hydrogen-bond acceptors (Lipinski definition) is 4. The summed E-state index contributed by atoms with van der Waals surface area (Å²) in [4.78, 5) is 22.9. The monoisotopic (exact) mass is 465 g/mol. The fraction of sp³-hybridized carbons (Fsp3) is 0.385. The SMILES string of the molecule is O=C(CCCc1ccc(N2CCCCC2)cc1)c1[nH]c2ccc(Cl)cc2c1CCN=C=S. The predicted molar refractivity (Wildman–Crippen MR) is 137 cm³/mol. The molecule has 3 aromatic rings. The number of aromatic amines is 1. The quantitative estimate of drug-likeness (QED) is 0.218. The zero-order valence-electron chi connectivity index (χ0n) is 18.2. The molecule has 0 bridgehead atoms. The number of H-pyrrole nitrogens is 1. The highest BCUT2D eigenvalue weighted by Crippen LogP contribution is 2.28. The van der Waals surface area contributed by atoms with Gasteiger partial charge in [0.25, 0.3) is 0 Å². The summed E-state index contributed by atoms with van der Waals surface area (Å²) in [5.74, 6) is 0.128. The largest absolute Gasteiger partial charge is 0.372 e. The van der Waals surface area contributed by atoms with E-state index >= 15 is 0 Å². The average Bonchev–Trinajstić information content (AvgIpc) is 3.18. The van der Waals surface area contributed by atoms with Gasteiger partial charge >= 0.3 is 0 Å². The molecule has 0 unspecified atom stereocenters. The summed E-state index contributed by atoms with van der Waals surface area (Å²) >= 11 is 10.9. The summed E-state index contributed by atoms with van der Waals surface area (Å²) in [6.07, 6.45) is 6.74. The maximum absolute atomic E-state index is 13.1. The molecule has 0 aliphatic carbocycles. The Balaban J connectivity index is 1.40. The number of aryl methyl sites for hydroxylation is 1. The third kappa shape index (κ3) is 5.47. The van der Waals surface area contributed by atoms with Crippen LogP contribution >= 0.6 is 23.8 Å². The van der Waals surface area contributed by atoms with E-state index in [-0.39, 0.29) is 5.78 Å². The lowest BCUT2D eigenvalue weighted by Crippen LogP contribution is -2.29. The van der Waals surface area contributed by atoms with Crippen LogP contribution in [0.25, 0.3) is 10.9 Å². The molecule has 32 heavy (non-hydrogen) atoms. The number of aliphatic imine (C=N–C) groups is 1. The summed E-state index contributed by atoms with van der Waals surface area (Å²) < 4.78 is 0. The van der Waals surface area contributed by atoms with Crippen LogP contribution in [-0.4, -0.2) is 35.6 Å². The predicted octanol–water partition coefficient (Wildman–Crippen LogP) is 6.66. The Kier molecular flexibility index (Phi) is 7.75. The summed E-state index contributed by atoms with van der Waals surface area (Å²) in [7, 11) is 0. The molecule has 0 spiro atoms. The molecule has 4 nitrogen and oxygen atoms in total. The Morgan fingerprint density at radius 1 is 1.09 bits per heavy atom. The number of rotatable bonds is 9. The van der Waals surface area contributed by atoms with Crippen molar-refractivity contribution in [3.63, 3.8) is 0 Å². The van der Waals surface area contributed by atoms with E-state index in [1.165, 1.54) is 30.5 Å². The van der Waals surface area contributed by atoms with Crippen molar-refractivity contribution in [1.29, 1.82) is 0 Å². The highest BCUT2D eigenvalue weighted by atomic mass is 35.5. The Morgan fingerprint density at radius 2 is 1.88 bits per heavy atom. The molecular formula is C26H28ClN3OS. The molecule has 166 valence electrons. The average molecular weight is 466 g/mol. The van der Waals surface area contributed by atoms with Crippen molar-refractivity contribution in [2.24, 2.45) is 4.99 Å². The molecule has 0 atom stereocenters. The van der Waals surface area contributed by atoms with Crippen LogP contribution in [0.5, 0.6) is 0 Å². The number of ketones is 1. The lowest BCUT2D eigenvalue weighted by Gasteiger charge is -2.28. The maximum Gasteiger partial charge on any atom is 0.179 e.